The molecule has 0 aliphatic rings. The van der Waals surface area contributed by atoms with E-state index in [-0.39, 0.29) is 14.9 Å². The molecule has 3 heteroatoms. The van der Waals surface area contributed by atoms with Gasteiger partial charge in [-0.15, -0.1) is 0 Å². The van der Waals surface area contributed by atoms with E-state index in [1.54, 1.807) is 6.33 Å². The Bertz CT molecular complexity index is 441. The Morgan fingerprint density at radius 2 is 1.82 bits per heavy atom. The van der Waals surface area contributed by atoms with Crippen molar-refractivity contribution in [1.29, 1.82) is 0 Å². The fraction of sp³-hybridized carbons (Fsp3) is 0.429. The van der Waals surface area contributed by atoms with Crippen molar-refractivity contribution in [2.45, 2.75) is 41.5 Å². The van der Waals surface area contributed by atoms with E-state index in [4.69, 9.17) is 0 Å². The van der Waals surface area contributed by atoms with Crippen LogP contribution in [0.25, 0.3) is 5.82 Å². The molecule has 0 fully saturated rings. The average Bonchev–Trinajstić information content (AvgIpc) is 2.65. The molecule has 0 N–H and O–H groups in total. The summed E-state index contributed by atoms with van der Waals surface area (Å²) in [5.74, 6) is 1.44. The molecule has 0 radical (unpaired) electrons. The Hall–Kier alpha value is -1.64. The first-order valence-corrected chi connectivity index (χ1v) is 5.14. The fourth-order valence-electron chi connectivity index (χ4n) is 1.44. The van der Waals surface area contributed by atoms with Crippen LogP contribution in [-0.4, -0.2) is 14.5 Å². The van der Waals surface area contributed by atoms with E-state index in [1.165, 1.54) is 5.56 Å². The summed E-state index contributed by atoms with van der Waals surface area (Å²) in [6.07, 6.45) is 5.68. The van der Waals surface area contributed by atoms with Crippen LogP contribution < -0.4 is 0 Å². The quantitative estimate of drug-likeness (QED) is 0.785. The molecule has 0 spiro atoms. The molecule has 0 saturated heterocycles. The maximum Gasteiger partial charge on any atom is 0.137 e. The average molecular weight is 233 g/mol. The Balaban J connectivity index is 0.00000128. The molecule has 2 rings (SSSR count). The highest BCUT2D eigenvalue weighted by molar-refractivity contribution is 5.27. The minimum Gasteiger partial charge on any atom is -0.290 e. The second kappa shape index (κ2) is 6.18. The van der Waals surface area contributed by atoms with Crippen LogP contribution in [0.5, 0.6) is 0 Å². The lowest BCUT2D eigenvalue weighted by Gasteiger charge is -2.05. The van der Waals surface area contributed by atoms with Crippen LogP contribution in [0.15, 0.2) is 30.9 Å². The van der Waals surface area contributed by atoms with Crippen LogP contribution in [0, 0.1) is 6.92 Å². The van der Waals surface area contributed by atoms with Crippen molar-refractivity contribution in [3.05, 3.63) is 42.1 Å². The van der Waals surface area contributed by atoms with Gasteiger partial charge in [-0.2, -0.15) is 0 Å². The van der Waals surface area contributed by atoms with Crippen molar-refractivity contribution < 1.29 is 0 Å². The Morgan fingerprint density at radius 3 is 2.24 bits per heavy atom. The van der Waals surface area contributed by atoms with E-state index >= 15 is 0 Å². The predicted octanol–water partition coefficient (Wildman–Crippen LogP) is 3.97. The van der Waals surface area contributed by atoms with Gasteiger partial charge in [-0.1, -0.05) is 34.8 Å². The third kappa shape index (κ3) is 3.41. The topological polar surface area (TPSA) is 30.7 Å². The molecule has 17 heavy (non-hydrogen) atoms. The second-order valence-electron chi connectivity index (χ2n) is 4.03. The van der Waals surface area contributed by atoms with E-state index < -0.39 is 0 Å². The van der Waals surface area contributed by atoms with E-state index in [2.05, 4.69) is 29.9 Å². The number of aryl methyl sites for hydroxylation is 1. The van der Waals surface area contributed by atoms with Gasteiger partial charge in [0.15, 0.2) is 0 Å². The van der Waals surface area contributed by atoms with Crippen molar-refractivity contribution in [2.75, 3.05) is 0 Å². The molecule has 0 atom stereocenters. The van der Waals surface area contributed by atoms with Crippen LogP contribution in [0.1, 0.15) is 45.9 Å². The van der Waals surface area contributed by atoms with E-state index in [0.717, 1.165) is 11.5 Å². The number of rotatable bonds is 2. The smallest absolute Gasteiger partial charge is 0.137 e. The van der Waals surface area contributed by atoms with Crippen LogP contribution in [0.2, 0.25) is 0 Å². The van der Waals surface area contributed by atoms with E-state index in [0.29, 0.717) is 5.92 Å². The molecule has 0 aromatic carbocycles. The summed E-state index contributed by atoms with van der Waals surface area (Å²) in [7, 11) is 0. The summed E-state index contributed by atoms with van der Waals surface area (Å²) >= 11 is 0. The number of hydrogen-bond acceptors (Lipinski definition) is 2. The highest BCUT2D eigenvalue weighted by Crippen LogP contribution is 2.14. The summed E-state index contributed by atoms with van der Waals surface area (Å²) in [6, 6.07) is 4.14. The van der Waals surface area contributed by atoms with Gasteiger partial charge in [0.2, 0.25) is 0 Å². The van der Waals surface area contributed by atoms with Gasteiger partial charge >= 0.3 is 0 Å². The lowest BCUT2D eigenvalue weighted by atomic mass is 10.1. The number of hydrogen-bond donors (Lipinski definition) is 0. The number of imidazole rings is 1. The number of nitrogens with zero attached hydrogens (tertiary/aromatic N) is 3. The van der Waals surface area contributed by atoms with Gasteiger partial charge in [-0.25, -0.2) is 9.97 Å². The molecule has 3 nitrogen and oxygen atoms in total. The lowest BCUT2D eigenvalue weighted by Crippen LogP contribution is -1.96. The fourth-order valence-corrected chi connectivity index (χ4v) is 1.44. The zero-order valence-electron chi connectivity index (χ0n) is 9.31. The minimum absolute atomic E-state index is 0. The van der Waals surface area contributed by atoms with Crippen molar-refractivity contribution in [3.63, 3.8) is 0 Å². The van der Waals surface area contributed by atoms with Gasteiger partial charge in [0, 0.05) is 12.4 Å². The maximum atomic E-state index is 4.41. The number of aromatic nitrogens is 3. The largest absolute Gasteiger partial charge is 0.290 e. The van der Waals surface area contributed by atoms with Crippen molar-refractivity contribution in [3.8, 4) is 5.82 Å². The Labute approximate surface area is 105 Å². The molecule has 0 amide bonds. The second-order valence-corrected chi connectivity index (χ2v) is 4.03. The first-order chi connectivity index (χ1) is 7.16. The summed E-state index contributed by atoms with van der Waals surface area (Å²) in [5, 5.41) is 0. The normalized spacial score (nSPS) is 9.65. The molecule has 94 valence electrons. The van der Waals surface area contributed by atoms with E-state index in [1.807, 2.05) is 30.0 Å². The van der Waals surface area contributed by atoms with Crippen molar-refractivity contribution in [1.82, 2.24) is 14.5 Å². The van der Waals surface area contributed by atoms with Crippen LogP contribution in [0.4, 0.5) is 0 Å². The van der Waals surface area contributed by atoms with E-state index in [9.17, 15) is 0 Å². The first kappa shape index (κ1) is 15.4. The molecule has 0 bridgehead atoms. The van der Waals surface area contributed by atoms with Crippen molar-refractivity contribution in [2.24, 2.45) is 0 Å². The lowest BCUT2D eigenvalue weighted by molar-refractivity contribution is 0.851. The summed E-state index contributed by atoms with van der Waals surface area (Å²) in [4.78, 5) is 8.58. The minimum atomic E-state index is 0. The highest BCUT2D eigenvalue weighted by atomic mass is 15.1. The monoisotopic (exact) mass is 233 g/mol. The third-order valence-electron chi connectivity index (χ3n) is 2.41. The van der Waals surface area contributed by atoms with Crippen LogP contribution >= 0.6 is 0 Å². The molecule has 0 unspecified atom stereocenters. The molecule has 0 saturated carbocycles. The first-order valence-electron chi connectivity index (χ1n) is 5.14. The summed E-state index contributed by atoms with van der Waals surface area (Å²) in [6.45, 7) is 6.30. The predicted molar refractivity (Wildman–Crippen MR) is 73.6 cm³/mol. The molecular weight excluding hydrogens is 210 g/mol. The zero-order valence-corrected chi connectivity index (χ0v) is 9.31. The third-order valence-corrected chi connectivity index (χ3v) is 2.41. The van der Waals surface area contributed by atoms with Crippen LogP contribution in [-0.2, 0) is 0 Å². The molecule has 2 aromatic heterocycles. The highest BCUT2D eigenvalue weighted by Gasteiger charge is 2.01. The standard InChI is InChI=1S/C12H15N3.2CH4/c1-9(2)11-4-5-12(13-6-11)15-7-10(3)14-8-15;;/h4-9H,1-3H3;2*1H4. The molecular formula is C14H23N3. The Kier molecular flexibility index (Phi) is 5.59. The molecule has 0 aliphatic carbocycles. The van der Waals surface area contributed by atoms with Gasteiger partial charge in [0.05, 0.1) is 5.69 Å². The van der Waals surface area contributed by atoms with Crippen LogP contribution in [0.3, 0.4) is 0 Å². The van der Waals surface area contributed by atoms with Gasteiger partial charge < -0.3 is 0 Å². The van der Waals surface area contributed by atoms with Crippen molar-refractivity contribution >= 4 is 0 Å². The molecule has 2 heterocycles. The maximum absolute atomic E-state index is 4.41. The Morgan fingerprint density at radius 1 is 1.12 bits per heavy atom. The SMILES string of the molecule is C.C.Cc1cn(-c2ccc(C(C)C)cn2)cn1. The number of pyridine rings is 1. The van der Waals surface area contributed by atoms with Gasteiger partial charge in [-0.3, -0.25) is 4.57 Å². The summed E-state index contributed by atoms with van der Waals surface area (Å²) in [5.41, 5.74) is 2.26. The summed E-state index contributed by atoms with van der Waals surface area (Å²) < 4.78 is 1.93. The van der Waals surface area contributed by atoms with Gasteiger partial charge in [-0.05, 0) is 24.5 Å². The molecule has 0 aliphatic heterocycles. The van der Waals surface area contributed by atoms with Gasteiger partial charge in [0.1, 0.15) is 12.1 Å². The van der Waals surface area contributed by atoms with Gasteiger partial charge in [0.25, 0.3) is 0 Å². The zero-order chi connectivity index (χ0) is 10.8. The molecule has 2 aromatic rings.